The van der Waals surface area contributed by atoms with Crippen LogP contribution in [0.4, 0.5) is 0 Å². The van der Waals surface area contributed by atoms with Crippen molar-refractivity contribution in [3.05, 3.63) is 24.2 Å². The molecule has 1 fully saturated rings. The number of hydrogen-bond acceptors (Lipinski definition) is 2. The average Bonchev–Trinajstić information content (AvgIpc) is 2.72. The van der Waals surface area contributed by atoms with Crippen LogP contribution in [0.2, 0.25) is 0 Å². The van der Waals surface area contributed by atoms with Crippen LogP contribution in [-0.2, 0) is 6.42 Å². The van der Waals surface area contributed by atoms with Crippen LogP contribution in [0.25, 0.3) is 0 Å². The van der Waals surface area contributed by atoms with Crippen molar-refractivity contribution in [2.24, 2.45) is 5.92 Å². The van der Waals surface area contributed by atoms with Crippen molar-refractivity contribution in [3.63, 3.8) is 0 Å². The molecule has 1 heterocycles. The van der Waals surface area contributed by atoms with E-state index in [1.807, 2.05) is 6.07 Å². The zero-order chi connectivity index (χ0) is 12.1. The van der Waals surface area contributed by atoms with Gasteiger partial charge in [-0.05, 0) is 36.8 Å². The summed E-state index contributed by atoms with van der Waals surface area (Å²) in [7, 11) is 0. The van der Waals surface area contributed by atoms with E-state index >= 15 is 0 Å². The van der Waals surface area contributed by atoms with Crippen LogP contribution in [0.3, 0.4) is 0 Å². The molecular formula is C15H24O2. The molecule has 0 bridgehead atoms. The standard InChI is InChI=1S/C15H24O2/c1-2-4-13-5-3-8-15(16,9-6-13)11-14-7-10-17-12-14/h7,10,12-13,16H,2-6,8-9,11H2,1H3. The molecule has 0 aromatic carbocycles. The molecule has 1 saturated carbocycles. The zero-order valence-electron chi connectivity index (χ0n) is 10.8. The van der Waals surface area contributed by atoms with Gasteiger partial charge in [0, 0.05) is 6.42 Å². The van der Waals surface area contributed by atoms with Gasteiger partial charge < -0.3 is 9.52 Å². The number of furan rings is 1. The molecule has 0 aliphatic heterocycles. The van der Waals surface area contributed by atoms with E-state index in [9.17, 15) is 5.11 Å². The highest BCUT2D eigenvalue weighted by Gasteiger charge is 2.30. The van der Waals surface area contributed by atoms with Crippen molar-refractivity contribution in [2.45, 2.75) is 63.9 Å². The molecule has 0 spiro atoms. The minimum absolute atomic E-state index is 0.494. The van der Waals surface area contributed by atoms with Gasteiger partial charge in [-0.2, -0.15) is 0 Å². The van der Waals surface area contributed by atoms with Crippen LogP contribution in [-0.4, -0.2) is 10.7 Å². The van der Waals surface area contributed by atoms with E-state index in [0.29, 0.717) is 0 Å². The highest BCUT2D eigenvalue weighted by atomic mass is 16.3. The molecule has 96 valence electrons. The zero-order valence-corrected chi connectivity index (χ0v) is 10.8. The third-order valence-corrected chi connectivity index (χ3v) is 4.08. The van der Waals surface area contributed by atoms with E-state index in [4.69, 9.17) is 4.42 Å². The third kappa shape index (κ3) is 3.60. The number of aliphatic hydroxyl groups is 1. The number of hydrogen-bond donors (Lipinski definition) is 1. The lowest BCUT2D eigenvalue weighted by Crippen LogP contribution is -2.30. The predicted molar refractivity (Wildman–Crippen MR) is 68.8 cm³/mol. The summed E-state index contributed by atoms with van der Waals surface area (Å²) in [5.74, 6) is 0.832. The summed E-state index contributed by atoms with van der Waals surface area (Å²) in [5.41, 5.74) is 0.633. The molecule has 1 aliphatic carbocycles. The van der Waals surface area contributed by atoms with Crippen LogP contribution in [0, 0.1) is 5.92 Å². The van der Waals surface area contributed by atoms with Crippen LogP contribution in [0.1, 0.15) is 57.4 Å². The molecule has 1 aromatic heterocycles. The lowest BCUT2D eigenvalue weighted by molar-refractivity contribution is 0.0240. The summed E-state index contributed by atoms with van der Waals surface area (Å²) in [6, 6.07) is 1.96. The Balaban J connectivity index is 1.92. The first kappa shape index (κ1) is 12.7. The fourth-order valence-corrected chi connectivity index (χ4v) is 3.11. The van der Waals surface area contributed by atoms with Gasteiger partial charge in [0.1, 0.15) is 0 Å². The van der Waals surface area contributed by atoms with Gasteiger partial charge in [-0.25, -0.2) is 0 Å². The molecule has 17 heavy (non-hydrogen) atoms. The normalized spacial score (nSPS) is 30.1. The van der Waals surface area contributed by atoms with Crippen LogP contribution < -0.4 is 0 Å². The van der Waals surface area contributed by atoms with Crippen molar-refractivity contribution in [1.82, 2.24) is 0 Å². The van der Waals surface area contributed by atoms with E-state index in [-0.39, 0.29) is 0 Å². The Hall–Kier alpha value is -0.760. The van der Waals surface area contributed by atoms with Gasteiger partial charge in [0.25, 0.3) is 0 Å². The van der Waals surface area contributed by atoms with Gasteiger partial charge in [-0.15, -0.1) is 0 Å². The van der Waals surface area contributed by atoms with Crippen LogP contribution in [0.15, 0.2) is 23.0 Å². The molecule has 0 amide bonds. The maximum Gasteiger partial charge on any atom is 0.0935 e. The molecule has 0 radical (unpaired) electrons. The average molecular weight is 236 g/mol. The van der Waals surface area contributed by atoms with Gasteiger partial charge in [0.05, 0.1) is 18.1 Å². The summed E-state index contributed by atoms with van der Waals surface area (Å²) in [4.78, 5) is 0. The maximum atomic E-state index is 10.7. The fraction of sp³-hybridized carbons (Fsp3) is 0.733. The molecule has 2 unspecified atom stereocenters. The third-order valence-electron chi connectivity index (χ3n) is 4.08. The molecule has 1 aromatic rings. The smallest absolute Gasteiger partial charge is 0.0935 e. The maximum absolute atomic E-state index is 10.7. The van der Waals surface area contributed by atoms with Crippen molar-refractivity contribution >= 4 is 0 Å². The Bertz CT molecular complexity index is 318. The molecule has 2 heteroatoms. The SMILES string of the molecule is CCCC1CCCC(O)(Cc2ccoc2)CC1. The second-order valence-electron chi connectivity index (χ2n) is 5.62. The van der Waals surface area contributed by atoms with Gasteiger partial charge in [-0.1, -0.05) is 32.6 Å². The quantitative estimate of drug-likeness (QED) is 0.803. The van der Waals surface area contributed by atoms with Gasteiger partial charge >= 0.3 is 0 Å². The molecule has 2 atom stereocenters. The lowest BCUT2D eigenvalue weighted by atomic mass is 9.87. The second-order valence-corrected chi connectivity index (χ2v) is 5.62. The monoisotopic (exact) mass is 236 g/mol. The largest absolute Gasteiger partial charge is 0.472 e. The first-order valence-corrected chi connectivity index (χ1v) is 6.95. The van der Waals surface area contributed by atoms with E-state index in [1.54, 1.807) is 12.5 Å². The van der Waals surface area contributed by atoms with E-state index < -0.39 is 5.60 Å². The van der Waals surface area contributed by atoms with E-state index in [0.717, 1.165) is 30.7 Å². The highest BCUT2D eigenvalue weighted by Crippen LogP contribution is 2.34. The predicted octanol–water partition coefficient (Wildman–Crippen LogP) is 3.93. The van der Waals surface area contributed by atoms with E-state index in [1.165, 1.54) is 32.1 Å². The Morgan fingerprint density at radius 1 is 1.41 bits per heavy atom. The minimum atomic E-state index is -0.494. The highest BCUT2D eigenvalue weighted by molar-refractivity contribution is 5.09. The summed E-state index contributed by atoms with van der Waals surface area (Å²) in [6.45, 7) is 2.25. The lowest BCUT2D eigenvalue weighted by Gasteiger charge is -2.26. The van der Waals surface area contributed by atoms with Crippen molar-refractivity contribution < 1.29 is 9.52 Å². The Kier molecular flexibility index (Phi) is 4.27. The summed E-state index contributed by atoms with van der Waals surface area (Å²) < 4.78 is 5.08. The fourth-order valence-electron chi connectivity index (χ4n) is 3.11. The van der Waals surface area contributed by atoms with Crippen molar-refractivity contribution in [2.75, 3.05) is 0 Å². The first-order valence-electron chi connectivity index (χ1n) is 6.95. The molecule has 1 aliphatic rings. The van der Waals surface area contributed by atoms with Crippen molar-refractivity contribution in [3.8, 4) is 0 Å². The van der Waals surface area contributed by atoms with Crippen molar-refractivity contribution in [1.29, 1.82) is 0 Å². The molecule has 2 nitrogen and oxygen atoms in total. The molecule has 0 saturated heterocycles. The van der Waals surface area contributed by atoms with Crippen LogP contribution in [0.5, 0.6) is 0 Å². The van der Waals surface area contributed by atoms with Gasteiger partial charge in [-0.3, -0.25) is 0 Å². The topological polar surface area (TPSA) is 33.4 Å². The second kappa shape index (κ2) is 5.72. The Morgan fingerprint density at radius 3 is 3.00 bits per heavy atom. The molecule has 2 rings (SSSR count). The molecule has 1 N–H and O–H groups in total. The first-order chi connectivity index (χ1) is 8.22. The van der Waals surface area contributed by atoms with Gasteiger partial charge in [0.2, 0.25) is 0 Å². The molecular weight excluding hydrogens is 212 g/mol. The minimum Gasteiger partial charge on any atom is -0.472 e. The Labute approximate surface area is 104 Å². The van der Waals surface area contributed by atoms with E-state index in [2.05, 4.69) is 6.92 Å². The van der Waals surface area contributed by atoms with Crippen LogP contribution >= 0.6 is 0 Å². The summed E-state index contributed by atoms with van der Waals surface area (Å²) in [6.07, 6.45) is 12.3. The Morgan fingerprint density at radius 2 is 2.29 bits per heavy atom. The number of rotatable bonds is 4. The summed E-state index contributed by atoms with van der Waals surface area (Å²) in [5, 5.41) is 10.7. The van der Waals surface area contributed by atoms with Gasteiger partial charge in [0.15, 0.2) is 0 Å². The summed E-state index contributed by atoms with van der Waals surface area (Å²) >= 11 is 0.